The predicted octanol–water partition coefficient (Wildman–Crippen LogP) is 1.62. The van der Waals surface area contributed by atoms with Crippen LogP contribution in [0.5, 0.6) is 0 Å². The lowest BCUT2D eigenvalue weighted by atomic mass is 9.94. The maximum atomic E-state index is 10.9. The van der Waals surface area contributed by atoms with Crippen LogP contribution in [0, 0.1) is 5.92 Å². The molecule has 0 aliphatic carbocycles. The summed E-state index contributed by atoms with van der Waals surface area (Å²) >= 11 is 5.74. The number of H-pyrrole nitrogens is 1. The molecule has 5 heteroatoms. The fraction of sp³-hybridized carbons (Fsp3) is 0.636. The number of hydrogen-bond donors (Lipinski definition) is 1. The van der Waals surface area contributed by atoms with Gasteiger partial charge in [0.15, 0.2) is 0 Å². The number of alkyl halides is 1. The Kier molecular flexibility index (Phi) is 3.83. The second kappa shape index (κ2) is 5.34. The molecule has 16 heavy (non-hydrogen) atoms. The summed E-state index contributed by atoms with van der Waals surface area (Å²) in [5.74, 6) is 2.36. The SMILES string of the molecule is O=c1ccc(N2CCC(CCCl)CC2)n[nH]1. The van der Waals surface area contributed by atoms with Crippen molar-refractivity contribution in [2.75, 3.05) is 23.9 Å². The van der Waals surface area contributed by atoms with Gasteiger partial charge in [-0.25, -0.2) is 5.10 Å². The molecule has 0 bridgehead atoms. The summed E-state index contributed by atoms with van der Waals surface area (Å²) in [5.41, 5.74) is -0.152. The summed E-state index contributed by atoms with van der Waals surface area (Å²) in [6.45, 7) is 2.00. The number of anilines is 1. The van der Waals surface area contributed by atoms with Gasteiger partial charge in [0.25, 0.3) is 5.56 Å². The highest BCUT2D eigenvalue weighted by molar-refractivity contribution is 6.17. The van der Waals surface area contributed by atoms with Gasteiger partial charge in [-0.1, -0.05) is 0 Å². The van der Waals surface area contributed by atoms with Crippen LogP contribution in [-0.2, 0) is 0 Å². The van der Waals surface area contributed by atoms with Crippen molar-refractivity contribution in [3.63, 3.8) is 0 Å². The molecule has 1 aromatic heterocycles. The number of nitrogens with zero attached hydrogens (tertiary/aromatic N) is 2. The van der Waals surface area contributed by atoms with Crippen LogP contribution >= 0.6 is 11.6 Å². The lowest BCUT2D eigenvalue weighted by molar-refractivity contribution is 0.395. The first-order valence-corrected chi connectivity index (χ1v) is 6.19. The Morgan fingerprint density at radius 3 is 2.75 bits per heavy atom. The van der Waals surface area contributed by atoms with E-state index in [1.165, 1.54) is 6.07 Å². The molecule has 1 saturated heterocycles. The van der Waals surface area contributed by atoms with Crippen LogP contribution in [-0.4, -0.2) is 29.2 Å². The van der Waals surface area contributed by atoms with Crippen LogP contribution in [0.1, 0.15) is 19.3 Å². The molecule has 1 fully saturated rings. The zero-order valence-corrected chi connectivity index (χ0v) is 9.91. The first-order valence-electron chi connectivity index (χ1n) is 5.66. The third kappa shape index (κ3) is 2.76. The Balaban J connectivity index is 1.93. The monoisotopic (exact) mass is 241 g/mol. The van der Waals surface area contributed by atoms with Crippen LogP contribution in [0.2, 0.25) is 0 Å². The number of rotatable bonds is 3. The van der Waals surface area contributed by atoms with E-state index in [-0.39, 0.29) is 5.56 Å². The van der Waals surface area contributed by atoms with Gasteiger partial charge in [-0.15, -0.1) is 11.6 Å². The molecule has 1 aliphatic rings. The molecule has 0 saturated carbocycles. The Morgan fingerprint density at radius 1 is 1.44 bits per heavy atom. The molecule has 0 unspecified atom stereocenters. The van der Waals surface area contributed by atoms with Crippen LogP contribution in [0.15, 0.2) is 16.9 Å². The number of aromatic amines is 1. The Bertz CT molecular complexity index is 365. The number of hydrogen-bond acceptors (Lipinski definition) is 3. The van der Waals surface area contributed by atoms with E-state index in [0.29, 0.717) is 0 Å². The van der Waals surface area contributed by atoms with Gasteiger partial charge < -0.3 is 4.90 Å². The maximum Gasteiger partial charge on any atom is 0.264 e. The Labute approximate surface area is 99.6 Å². The van der Waals surface area contributed by atoms with E-state index < -0.39 is 0 Å². The zero-order valence-electron chi connectivity index (χ0n) is 9.16. The van der Waals surface area contributed by atoms with Crippen LogP contribution in [0.4, 0.5) is 5.82 Å². The quantitative estimate of drug-likeness (QED) is 0.819. The fourth-order valence-corrected chi connectivity index (χ4v) is 2.43. The molecule has 0 amide bonds. The molecule has 4 nitrogen and oxygen atoms in total. The van der Waals surface area contributed by atoms with E-state index in [9.17, 15) is 4.79 Å². The highest BCUT2D eigenvalue weighted by atomic mass is 35.5. The van der Waals surface area contributed by atoms with E-state index >= 15 is 0 Å². The summed E-state index contributed by atoms with van der Waals surface area (Å²) < 4.78 is 0. The molecule has 88 valence electrons. The average molecular weight is 242 g/mol. The number of piperidine rings is 1. The molecule has 1 aliphatic heterocycles. The molecule has 2 heterocycles. The molecular weight excluding hydrogens is 226 g/mol. The largest absolute Gasteiger partial charge is 0.355 e. The topological polar surface area (TPSA) is 49.0 Å². The fourth-order valence-electron chi connectivity index (χ4n) is 2.12. The molecular formula is C11H16ClN3O. The van der Waals surface area contributed by atoms with Gasteiger partial charge >= 0.3 is 0 Å². The van der Waals surface area contributed by atoms with Crippen LogP contribution in [0.3, 0.4) is 0 Å². The zero-order chi connectivity index (χ0) is 11.4. The van der Waals surface area contributed by atoms with Gasteiger partial charge in [0.05, 0.1) is 0 Å². The van der Waals surface area contributed by atoms with Gasteiger partial charge in [0.2, 0.25) is 0 Å². The molecule has 0 radical (unpaired) electrons. The molecule has 1 N–H and O–H groups in total. The van der Waals surface area contributed by atoms with Gasteiger partial charge in [-0.2, -0.15) is 5.10 Å². The van der Waals surface area contributed by atoms with Gasteiger partial charge in [-0.3, -0.25) is 4.79 Å². The van der Waals surface area contributed by atoms with Crippen LogP contribution in [0.25, 0.3) is 0 Å². The Morgan fingerprint density at radius 2 is 2.19 bits per heavy atom. The molecule has 2 rings (SSSR count). The van der Waals surface area contributed by atoms with Crippen molar-refractivity contribution in [3.05, 3.63) is 22.5 Å². The predicted molar refractivity (Wildman–Crippen MR) is 65.1 cm³/mol. The minimum absolute atomic E-state index is 0.152. The smallest absolute Gasteiger partial charge is 0.264 e. The molecule has 0 atom stereocenters. The van der Waals surface area contributed by atoms with Crippen molar-refractivity contribution < 1.29 is 0 Å². The number of nitrogens with one attached hydrogen (secondary N) is 1. The molecule has 0 spiro atoms. The van der Waals surface area contributed by atoms with Crippen molar-refractivity contribution in [1.29, 1.82) is 0 Å². The summed E-state index contributed by atoms with van der Waals surface area (Å²) in [4.78, 5) is 13.1. The minimum atomic E-state index is -0.152. The van der Waals surface area contributed by atoms with Crippen molar-refractivity contribution in [2.45, 2.75) is 19.3 Å². The first-order chi connectivity index (χ1) is 7.79. The molecule has 0 aromatic carbocycles. The third-order valence-electron chi connectivity index (χ3n) is 3.12. The van der Waals surface area contributed by atoms with Crippen molar-refractivity contribution in [3.8, 4) is 0 Å². The Hall–Kier alpha value is -1.03. The maximum absolute atomic E-state index is 10.9. The van der Waals surface area contributed by atoms with Gasteiger partial charge in [0.1, 0.15) is 5.82 Å². The summed E-state index contributed by atoms with van der Waals surface area (Å²) in [6, 6.07) is 3.30. The van der Waals surface area contributed by atoms with Gasteiger partial charge in [-0.05, 0) is 31.2 Å². The van der Waals surface area contributed by atoms with E-state index in [1.54, 1.807) is 6.07 Å². The number of aromatic nitrogens is 2. The molecule has 1 aromatic rings. The minimum Gasteiger partial charge on any atom is -0.355 e. The van der Waals surface area contributed by atoms with E-state index in [2.05, 4.69) is 15.1 Å². The van der Waals surface area contributed by atoms with Crippen molar-refractivity contribution >= 4 is 17.4 Å². The second-order valence-corrected chi connectivity index (χ2v) is 4.57. The number of halogens is 1. The van der Waals surface area contributed by atoms with E-state index in [4.69, 9.17) is 11.6 Å². The highest BCUT2D eigenvalue weighted by Crippen LogP contribution is 2.23. The first kappa shape index (κ1) is 11.5. The summed E-state index contributed by atoms with van der Waals surface area (Å²) in [7, 11) is 0. The summed E-state index contributed by atoms with van der Waals surface area (Å²) in [5, 5.41) is 6.50. The van der Waals surface area contributed by atoms with E-state index in [1.807, 2.05) is 0 Å². The lowest BCUT2D eigenvalue weighted by Crippen LogP contribution is -2.34. The normalized spacial score (nSPS) is 17.7. The third-order valence-corrected chi connectivity index (χ3v) is 3.34. The average Bonchev–Trinajstić information content (AvgIpc) is 2.32. The van der Waals surface area contributed by atoms with Gasteiger partial charge in [0, 0.05) is 25.0 Å². The van der Waals surface area contributed by atoms with Crippen molar-refractivity contribution in [1.82, 2.24) is 10.2 Å². The van der Waals surface area contributed by atoms with Crippen LogP contribution < -0.4 is 10.5 Å². The highest BCUT2D eigenvalue weighted by Gasteiger charge is 2.19. The standard InChI is InChI=1S/C11H16ClN3O/c12-6-3-9-4-7-15(8-5-9)10-1-2-11(16)14-13-10/h1-2,9H,3-8H2,(H,14,16). The summed E-state index contributed by atoms with van der Waals surface area (Å²) in [6.07, 6.45) is 3.43. The van der Waals surface area contributed by atoms with E-state index in [0.717, 1.165) is 50.0 Å². The lowest BCUT2D eigenvalue weighted by Gasteiger charge is -2.32. The second-order valence-electron chi connectivity index (χ2n) is 4.19. The van der Waals surface area contributed by atoms with Crippen molar-refractivity contribution in [2.24, 2.45) is 5.92 Å².